The Bertz CT molecular complexity index is 2510. The van der Waals surface area contributed by atoms with Crippen LogP contribution < -0.4 is 28.6 Å². The van der Waals surface area contributed by atoms with Gasteiger partial charge in [0.05, 0.1) is 0 Å². The van der Waals surface area contributed by atoms with Crippen molar-refractivity contribution in [2.45, 2.75) is 79.4 Å². The molecular weight excluding hydrogens is 706 g/mol. The van der Waals surface area contributed by atoms with E-state index in [9.17, 15) is 28.7 Å². The second-order valence-corrected chi connectivity index (χ2v) is 18.7. The van der Waals surface area contributed by atoms with Crippen molar-refractivity contribution in [3.8, 4) is 11.5 Å². The molecule has 0 saturated heterocycles. The van der Waals surface area contributed by atoms with Crippen molar-refractivity contribution in [3.63, 3.8) is 0 Å². The molecule has 5 aromatic rings. The molecule has 264 valence electrons. The predicted octanol–water partition coefficient (Wildman–Crippen LogP) is 6.42. The van der Waals surface area contributed by atoms with Gasteiger partial charge in [-0.05, 0) is 98.9 Å². The average molecular weight is 737 g/mol. The molecule has 0 aliphatic heterocycles. The van der Waals surface area contributed by atoms with Crippen molar-refractivity contribution >= 4 is 15.6 Å². The number of hydrogen-bond acceptors (Lipinski definition) is 8. The van der Waals surface area contributed by atoms with Crippen LogP contribution in [0, 0.1) is 0 Å². The number of phosphoric ester groups is 2. The number of hydrogen-bond donors (Lipinski definition) is 0. The molecule has 0 radical (unpaired) electrons. The molecule has 0 fully saturated rings. The van der Waals surface area contributed by atoms with Gasteiger partial charge in [0.25, 0.3) is 0 Å². The third kappa shape index (κ3) is 3.73. The van der Waals surface area contributed by atoms with Crippen LogP contribution >= 0.6 is 15.6 Å². The lowest BCUT2D eigenvalue weighted by Crippen LogP contribution is -2.26. The molecule has 8 nitrogen and oxygen atoms in total. The van der Waals surface area contributed by atoms with Crippen molar-refractivity contribution in [1.29, 1.82) is 0 Å². The normalized spacial score (nSPS) is 28.9. The van der Waals surface area contributed by atoms with E-state index in [1.807, 2.05) is 0 Å². The molecule has 0 amide bonds. The first kappa shape index (κ1) is 30.3. The molecule has 9 aliphatic carbocycles. The van der Waals surface area contributed by atoms with Crippen molar-refractivity contribution in [1.82, 2.24) is 0 Å². The largest absolute Gasteiger partial charge is 0.780 e. The zero-order chi connectivity index (χ0) is 35.4. The maximum Gasteiger partial charge on any atom is 0.132 e. The Morgan fingerprint density at radius 2 is 0.660 bits per heavy atom. The minimum Gasteiger partial charge on any atom is -0.780 e. The molecule has 0 N–H and O–H groups in total. The summed E-state index contributed by atoms with van der Waals surface area (Å²) in [6, 6.07) is 26.3. The van der Waals surface area contributed by atoms with Crippen LogP contribution in [0.25, 0.3) is 0 Å². The second kappa shape index (κ2) is 9.62. The summed E-state index contributed by atoms with van der Waals surface area (Å²) in [5.41, 5.74) is 16.7. The molecule has 9 aliphatic rings. The highest BCUT2D eigenvalue weighted by molar-refractivity contribution is 7.43. The van der Waals surface area contributed by atoms with Crippen molar-refractivity contribution in [3.05, 3.63) is 162 Å². The fourth-order valence-electron chi connectivity index (χ4n) is 13.1. The van der Waals surface area contributed by atoms with Gasteiger partial charge in [0.1, 0.15) is 27.1 Å². The lowest BCUT2D eigenvalue weighted by atomic mass is 9.62. The third-order valence-electron chi connectivity index (χ3n) is 14.6. The van der Waals surface area contributed by atoms with E-state index in [2.05, 4.69) is 72.8 Å². The summed E-state index contributed by atoms with van der Waals surface area (Å²) in [6.07, 6.45) is 4.20. The smallest absolute Gasteiger partial charge is 0.132 e. The highest BCUT2D eigenvalue weighted by Gasteiger charge is 2.55. The summed E-state index contributed by atoms with van der Waals surface area (Å²) in [5.74, 6) is -0.246. The molecule has 0 saturated carbocycles. The van der Waals surface area contributed by atoms with E-state index < -0.39 is 15.6 Å². The average Bonchev–Trinajstić information content (AvgIpc) is 3.98. The van der Waals surface area contributed by atoms with Gasteiger partial charge in [-0.1, -0.05) is 72.8 Å². The third-order valence-corrected chi connectivity index (χ3v) is 15.4. The summed E-state index contributed by atoms with van der Waals surface area (Å²) < 4.78 is 36.4. The summed E-state index contributed by atoms with van der Waals surface area (Å²) in [5, 5.41) is 0. The highest BCUT2D eigenvalue weighted by Crippen LogP contribution is 2.72. The van der Waals surface area contributed by atoms with Crippen LogP contribution in [0.3, 0.4) is 0 Å². The molecule has 4 unspecified atom stereocenters. The zero-order valence-electron chi connectivity index (χ0n) is 28.2. The van der Waals surface area contributed by atoms with Gasteiger partial charge in [-0.2, -0.15) is 0 Å². The first-order valence-electron chi connectivity index (χ1n) is 18.7. The molecule has 0 aromatic heterocycles. The van der Waals surface area contributed by atoms with Gasteiger partial charge < -0.3 is 37.8 Å². The number of fused-ring (bicyclic) bond motifs is 25. The summed E-state index contributed by atoms with van der Waals surface area (Å²) in [7, 11) is -11.1. The minimum absolute atomic E-state index is 0.0237. The molecule has 53 heavy (non-hydrogen) atoms. The Morgan fingerprint density at radius 1 is 0.396 bits per heavy atom. The highest BCUT2D eigenvalue weighted by atomic mass is 31.2. The fourth-order valence-corrected chi connectivity index (χ4v) is 13.9. The van der Waals surface area contributed by atoms with Gasteiger partial charge in [0.2, 0.25) is 0 Å². The Kier molecular flexibility index (Phi) is 5.51. The molecule has 0 spiro atoms. The van der Waals surface area contributed by atoms with E-state index in [1.165, 1.54) is 44.5 Å². The van der Waals surface area contributed by atoms with Crippen LogP contribution in [-0.2, 0) is 9.13 Å². The number of rotatable bonds is 4. The van der Waals surface area contributed by atoms with E-state index >= 15 is 0 Å². The summed E-state index contributed by atoms with van der Waals surface area (Å²) >= 11 is 0. The SMILES string of the molecule is O=P([O-])([O-])Oc1c2c(c(OP(=O)([O-])[O-])c3c1C1C[C@H]3c3cc4c(cc31)C1C[C@H]4c3ccccc31)[C@@H]1CC2c2cc3c(cc21)[C@@H]1CCC3c2ccccc21. The fraction of sp³-hybridized carbons (Fsp3) is 0.302. The lowest BCUT2D eigenvalue weighted by molar-refractivity contribution is -0.336. The summed E-state index contributed by atoms with van der Waals surface area (Å²) in [6.45, 7) is 0. The number of phosphoric acid groups is 2. The Balaban J connectivity index is 1.03. The lowest BCUT2D eigenvalue weighted by Gasteiger charge is -2.42. The van der Waals surface area contributed by atoms with E-state index in [4.69, 9.17) is 9.05 Å². The monoisotopic (exact) mass is 736 g/mol. The molecule has 0 heterocycles. The molecule has 8 bridgehead atoms. The molecule has 8 atom stereocenters. The summed E-state index contributed by atoms with van der Waals surface area (Å²) in [4.78, 5) is 50.6. The first-order valence-corrected chi connectivity index (χ1v) is 21.6. The van der Waals surface area contributed by atoms with Crippen LogP contribution in [0.4, 0.5) is 0 Å². The Hall–Kier alpha value is -4.00. The molecular formula is C43H30O8P2-4. The van der Waals surface area contributed by atoms with E-state index in [0.29, 0.717) is 35.1 Å². The van der Waals surface area contributed by atoms with E-state index in [1.54, 1.807) is 0 Å². The van der Waals surface area contributed by atoms with Gasteiger partial charge in [0, 0.05) is 69.6 Å². The van der Waals surface area contributed by atoms with E-state index in [0.717, 1.165) is 41.5 Å². The van der Waals surface area contributed by atoms with Gasteiger partial charge in [-0.15, -0.1) is 0 Å². The maximum atomic E-state index is 12.6. The molecule has 5 aromatic carbocycles. The molecule has 10 heteroatoms. The zero-order valence-corrected chi connectivity index (χ0v) is 30.0. The first-order chi connectivity index (χ1) is 25.5. The van der Waals surface area contributed by atoms with Crippen molar-refractivity contribution < 1.29 is 37.8 Å². The van der Waals surface area contributed by atoms with Crippen LogP contribution in [0.2, 0.25) is 0 Å². The van der Waals surface area contributed by atoms with Crippen LogP contribution in [0.1, 0.15) is 168 Å². The van der Waals surface area contributed by atoms with Gasteiger partial charge in [-0.25, -0.2) is 0 Å². The predicted molar refractivity (Wildman–Crippen MR) is 187 cm³/mol. The standard InChI is InChI=1S/C43H34O8P2/c44-52(45,46)50-42-38-34-16-35(31-13-27-23-10-9-22(26(27)12-30(31)34)18-5-1-2-6-19(18)23)39(38)43(51-53(47,48)49)41-37-17-36(40(41)42)32-14-28-24-11-25(29(28)15-33(32)37)21-8-4-3-7-20(21)24/h1-8,12-15,22-25,34-37H,9-11,16-17H2,(H2,44,45,46)(H2,47,48,49)/p-4/t22-,23?,24+,25?,34-,35?,36+,37?/m1/s1. The van der Waals surface area contributed by atoms with Crippen molar-refractivity contribution in [2.75, 3.05) is 0 Å². The quantitative estimate of drug-likeness (QED) is 0.193. The second-order valence-electron chi connectivity index (χ2n) is 16.6. The Labute approximate surface area is 305 Å². The van der Waals surface area contributed by atoms with Gasteiger partial charge in [-0.3, -0.25) is 0 Å². The van der Waals surface area contributed by atoms with Crippen LogP contribution in [0.5, 0.6) is 11.5 Å². The topological polar surface area (TPSA) is 145 Å². The van der Waals surface area contributed by atoms with Gasteiger partial charge >= 0.3 is 0 Å². The van der Waals surface area contributed by atoms with Crippen LogP contribution in [-0.4, -0.2) is 0 Å². The van der Waals surface area contributed by atoms with E-state index in [-0.39, 0.29) is 58.8 Å². The molecule has 14 rings (SSSR count). The number of benzene rings is 5. The van der Waals surface area contributed by atoms with Gasteiger partial charge in [0.15, 0.2) is 0 Å². The maximum absolute atomic E-state index is 12.6. The van der Waals surface area contributed by atoms with Crippen LogP contribution in [0.15, 0.2) is 72.8 Å². The Morgan fingerprint density at radius 3 is 0.981 bits per heavy atom. The minimum atomic E-state index is -5.56. The van der Waals surface area contributed by atoms with Crippen molar-refractivity contribution in [2.24, 2.45) is 0 Å².